The maximum Gasteiger partial charge on any atom is 0.336 e. The first kappa shape index (κ1) is 10.2. The van der Waals surface area contributed by atoms with Crippen molar-refractivity contribution >= 4 is 11.9 Å². The normalized spacial score (nSPS) is 9.79. The first-order valence-corrected chi connectivity index (χ1v) is 4.22. The van der Waals surface area contributed by atoms with Crippen molar-refractivity contribution in [3.05, 3.63) is 34.9 Å². The van der Waals surface area contributed by atoms with Crippen LogP contribution < -0.4 is 5.73 Å². The number of carbonyl (C=O) groups is 2. The second-order valence-electron chi connectivity index (χ2n) is 2.90. The van der Waals surface area contributed by atoms with Crippen LogP contribution in [0.25, 0.3) is 0 Å². The van der Waals surface area contributed by atoms with Crippen LogP contribution in [0.3, 0.4) is 0 Å². The second-order valence-corrected chi connectivity index (χ2v) is 2.90. The van der Waals surface area contributed by atoms with Gasteiger partial charge in [0.1, 0.15) is 0 Å². The molecule has 14 heavy (non-hydrogen) atoms. The lowest BCUT2D eigenvalue weighted by atomic mass is 10.0. The van der Waals surface area contributed by atoms with E-state index in [1.165, 1.54) is 12.1 Å². The summed E-state index contributed by atoms with van der Waals surface area (Å²) in [6, 6.07) is 4.60. The first-order valence-electron chi connectivity index (χ1n) is 4.22. The van der Waals surface area contributed by atoms with Gasteiger partial charge < -0.3 is 10.8 Å². The summed E-state index contributed by atoms with van der Waals surface area (Å²) in [6.07, 6.45) is 0.736. The van der Waals surface area contributed by atoms with Crippen LogP contribution in [0.2, 0.25) is 0 Å². The summed E-state index contributed by atoms with van der Waals surface area (Å²) in [7, 11) is 0. The molecule has 4 nitrogen and oxygen atoms in total. The van der Waals surface area contributed by atoms with Gasteiger partial charge in [0.05, 0.1) is 11.1 Å². The predicted molar refractivity (Wildman–Crippen MR) is 51.3 cm³/mol. The van der Waals surface area contributed by atoms with Crippen molar-refractivity contribution in [2.75, 3.05) is 0 Å². The fraction of sp³-hybridized carbons (Fsp3) is 0.200. The Hall–Kier alpha value is -1.84. The number of hydrogen-bond donors (Lipinski definition) is 2. The number of benzene rings is 1. The number of aryl methyl sites for hydroxylation is 1. The van der Waals surface area contributed by atoms with Crippen LogP contribution in [0.15, 0.2) is 18.2 Å². The van der Waals surface area contributed by atoms with Crippen LogP contribution in [0.5, 0.6) is 0 Å². The van der Waals surface area contributed by atoms with Crippen molar-refractivity contribution in [1.29, 1.82) is 0 Å². The van der Waals surface area contributed by atoms with E-state index in [0.717, 1.165) is 12.0 Å². The number of carboxylic acids is 1. The minimum atomic E-state index is -1.14. The largest absolute Gasteiger partial charge is 0.478 e. The minimum Gasteiger partial charge on any atom is -0.478 e. The van der Waals surface area contributed by atoms with Crippen molar-refractivity contribution in [2.24, 2.45) is 5.73 Å². The van der Waals surface area contributed by atoms with Gasteiger partial charge in [-0.1, -0.05) is 13.0 Å². The van der Waals surface area contributed by atoms with Crippen molar-refractivity contribution < 1.29 is 14.7 Å². The third-order valence-corrected chi connectivity index (χ3v) is 1.99. The number of primary amides is 1. The van der Waals surface area contributed by atoms with Gasteiger partial charge in [-0.25, -0.2) is 4.79 Å². The van der Waals surface area contributed by atoms with Crippen LogP contribution >= 0.6 is 0 Å². The molecule has 0 aliphatic carbocycles. The molecule has 4 heteroatoms. The van der Waals surface area contributed by atoms with Crippen molar-refractivity contribution in [3.8, 4) is 0 Å². The third-order valence-electron chi connectivity index (χ3n) is 1.99. The molecule has 0 saturated heterocycles. The number of carboxylic acid groups (broad SMARTS) is 1. The van der Waals surface area contributed by atoms with Crippen molar-refractivity contribution in [2.45, 2.75) is 13.3 Å². The zero-order valence-electron chi connectivity index (χ0n) is 7.78. The SMILES string of the molecule is CCc1ccc(C(=O)O)c(C(N)=O)c1. The molecule has 0 heterocycles. The molecule has 0 aromatic heterocycles. The smallest absolute Gasteiger partial charge is 0.336 e. The van der Waals surface area contributed by atoms with Gasteiger partial charge in [-0.2, -0.15) is 0 Å². The third kappa shape index (κ3) is 1.90. The average Bonchev–Trinajstić information content (AvgIpc) is 2.16. The molecule has 0 atom stereocenters. The lowest BCUT2D eigenvalue weighted by Gasteiger charge is -2.04. The van der Waals surface area contributed by atoms with Crippen LogP contribution in [0.4, 0.5) is 0 Å². The summed E-state index contributed by atoms with van der Waals surface area (Å²) >= 11 is 0. The van der Waals surface area contributed by atoms with E-state index in [1.54, 1.807) is 6.07 Å². The van der Waals surface area contributed by atoms with E-state index in [0.29, 0.717) is 0 Å². The fourth-order valence-electron chi connectivity index (χ4n) is 1.20. The Kier molecular flexibility index (Phi) is 2.86. The second kappa shape index (κ2) is 3.91. The molecule has 0 aliphatic heterocycles. The van der Waals surface area contributed by atoms with Gasteiger partial charge in [-0.05, 0) is 24.1 Å². The highest BCUT2D eigenvalue weighted by molar-refractivity contribution is 6.04. The maximum atomic E-state index is 11.0. The van der Waals surface area contributed by atoms with E-state index in [4.69, 9.17) is 10.8 Å². The summed E-state index contributed by atoms with van der Waals surface area (Å²) in [4.78, 5) is 21.7. The Balaban J connectivity index is 3.31. The van der Waals surface area contributed by atoms with Crippen LogP contribution in [0.1, 0.15) is 33.2 Å². The van der Waals surface area contributed by atoms with E-state index in [9.17, 15) is 9.59 Å². The lowest BCUT2D eigenvalue weighted by Crippen LogP contribution is -2.16. The summed E-state index contributed by atoms with van der Waals surface area (Å²) in [5, 5.41) is 8.77. The van der Waals surface area contributed by atoms with Gasteiger partial charge >= 0.3 is 5.97 Å². The van der Waals surface area contributed by atoms with Gasteiger partial charge in [-0.3, -0.25) is 4.79 Å². The maximum absolute atomic E-state index is 11.0. The first-order chi connectivity index (χ1) is 6.56. The Bertz CT molecular complexity index is 385. The molecule has 74 valence electrons. The molecular formula is C10H11NO3. The van der Waals surface area contributed by atoms with Crippen molar-refractivity contribution in [3.63, 3.8) is 0 Å². The molecule has 1 aromatic rings. The van der Waals surface area contributed by atoms with Crippen LogP contribution in [0, 0.1) is 0 Å². The van der Waals surface area contributed by atoms with E-state index in [2.05, 4.69) is 0 Å². The molecule has 1 amide bonds. The van der Waals surface area contributed by atoms with Crippen LogP contribution in [-0.4, -0.2) is 17.0 Å². The zero-order valence-corrected chi connectivity index (χ0v) is 7.78. The molecule has 0 unspecified atom stereocenters. The van der Waals surface area contributed by atoms with E-state index in [-0.39, 0.29) is 11.1 Å². The Labute approximate surface area is 81.3 Å². The molecule has 0 bridgehead atoms. The summed E-state index contributed by atoms with van der Waals surface area (Å²) < 4.78 is 0. The van der Waals surface area contributed by atoms with E-state index < -0.39 is 11.9 Å². The summed E-state index contributed by atoms with van der Waals surface area (Å²) in [5.74, 6) is -1.85. The number of aromatic carboxylic acids is 1. The molecule has 1 rings (SSSR count). The number of nitrogens with two attached hydrogens (primary N) is 1. The number of amides is 1. The van der Waals surface area contributed by atoms with Crippen LogP contribution in [-0.2, 0) is 6.42 Å². The highest BCUT2D eigenvalue weighted by Crippen LogP contribution is 2.12. The molecule has 0 spiro atoms. The summed E-state index contributed by atoms with van der Waals surface area (Å²) in [6.45, 7) is 1.92. The van der Waals surface area contributed by atoms with Gasteiger partial charge in [0.25, 0.3) is 0 Å². The molecule has 0 aliphatic rings. The minimum absolute atomic E-state index is 0.0466. The standard InChI is InChI=1S/C10H11NO3/c1-2-6-3-4-7(10(13)14)8(5-6)9(11)12/h3-5H,2H2,1H3,(H2,11,12)(H,13,14). The quantitative estimate of drug-likeness (QED) is 0.752. The van der Waals surface area contributed by atoms with Gasteiger partial charge in [0, 0.05) is 0 Å². The highest BCUT2D eigenvalue weighted by Gasteiger charge is 2.14. The molecule has 0 radical (unpaired) electrons. The topological polar surface area (TPSA) is 80.4 Å². The van der Waals surface area contributed by atoms with Gasteiger partial charge in [0.2, 0.25) is 5.91 Å². The number of carbonyl (C=O) groups excluding carboxylic acids is 1. The predicted octanol–water partition coefficient (Wildman–Crippen LogP) is 1.05. The monoisotopic (exact) mass is 193 g/mol. The average molecular weight is 193 g/mol. The van der Waals surface area contributed by atoms with E-state index >= 15 is 0 Å². The van der Waals surface area contributed by atoms with E-state index in [1.807, 2.05) is 6.92 Å². The lowest BCUT2D eigenvalue weighted by molar-refractivity contribution is 0.0692. The fourth-order valence-corrected chi connectivity index (χ4v) is 1.20. The highest BCUT2D eigenvalue weighted by atomic mass is 16.4. The Morgan fingerprint density at radius 3 is 2.43 bits per heavy atom. The zero-order chi connectivity index (χ0) is 10.7. The van der Waals surface area contributed by atoms with Gasteiger partial charge in [0.15, 0.2) is 0 Å². The molecule has 0 fully saturated rings. The van der Waals surface area contributed by atoms with Crippen molar-refractivity contribution in [1.82, 2.24) is 0 Å². The molecule has 0 saturated carbocycles. The number of hydrogen-bond acceptors (Lipinski definition) is 2. The van der Waals surface area contributed by atoms with Gasteiger partial charge in [-0.15, -0.1) is 0 Å². The summed E-state index contributed by atoms with van der Waals surface area (Å²) in [5.41, 5.74) is 5.99. The number of rotatable bonds is 3. The Morgan fingerprint density at radius 2 is 2.00 bits per heavy atom. The molecule has 3 N–H and O–H groups in total. The Morgan fingerprint density at radius 1 is 1.36 bits per heavy atom. The molecular weight excluding hydrogens is 182 g/mol. The molecule has 1 aromatic carbocycles.